The summed E-state index contributed by atoms with van der Waals surface area (Å²) in [5.74, 6) is 1.17. The van der Waals surface area contributed by atoms with Crippen molar-refractivity contribution >= 4 is 11.8 Å². The van der Waals surface area contributed by atoms with E-state index in [0.717, 1.165) is 12.8 Å². The van der Waals surface area contributed by atoms with Crippen LogP contribution in [-0.2, 0) is 9.59 Å². The molecule has 90 valence electrons. The zero-order valence-corrected chi connectivity index (χ0v) is 10.2. The summed E-state index contributed by atoms with van der Waals surface area (Å²) in [5, 5.41) is 2.51. The summed E-state index contributed by atoms with van der Waals surface area (Å²) >= 11 is 0. The van der Waals surface area contributed by atoms with Gasteiger partial charge in [-0.25, -0.2) is 0 Å². The normalized spacial score (nSPS) is 32.2. The van der Waals surface area contributed by atoms with Crippen LogP contribution in [-0.4, -0.2) is 11.8 Å². The third-order valence-electron chi connectivity index (χ3n) is 4.21. The van der Waals surface area contributed by atoms with E-state index in [1.54, 1.807) is 0 Å². The van der Waals surface area contributed by atoms with Crippen molar-refractivity contribution in [1.29, 1.82) is 0 Å². The number of hydrogen-bond donors (Lipinski definition) is 1. The lowest BCUT2D eigenvalue weighted by Crippen LogP contribution is -2.49. The highest BCUT2D eigenvalue weighted by Crippen LogP contribution is 2.40. The maximum Gasteiger partial charge on any atom is 0.230 e. The fourth-order valence-corrected chi connectivity index (χ4v) is 3.34. The SMILES string of the molecule is CC(C)C1CC(=O)NC(=O)C1C1CCCC1. The molecule has 3 heteroatoms. The van der Waals surface area contributed by atoms with Crippen LogP contribution in [0.15, 0.2) is 0 Å². The van der Waals surface area contributed by atoms with Crippen molar-refractivity contribution in [2.24, 2.45) is 23.7 Å². The summed E-state index contributed by atoms with van der Waals surface area (Å²) in [6, 6.07) is 0. The predicted octanol–water partition coefficient (Wildman–Crippen LogP) is 2.11. The largest absolute Gasteiger partial charge is 0.296 e. The lowest BCUT2D eigenvalue weighted by atomic mass is 9.71. The summed E-state index contributed by atoms with van der Waals surface area (Å²) in [6.45, 7) is 4.25. The number of rotatable bonds is 2. The van der Waals surface area contributed by atoms with Crippen LogP contribution in [0.3, 0.4) is 0 Å². The maximum absolute atomic E-state index is 12.0. The molecule has 2 unspecified atom stereocenters. The number of amides is 2. The molecule has 0 aromatic rings. The Morgan fingerprint density at radius 2 is 1.81 bits per heavy atom. The fourth-order valence-electron chi connectivity index (χ4n) is 3.34. The number of nitrogens with one attached hydrogen (secondary N) is 1. The van der Waals surface area contributed by atoms with Crippen molar-refractivity contribution in [3.63, 3.8) is 0 Å². The second-order valence-corrected chi connectivity index (χ2v) is 5.59. The highest BCUT2D eigenvalue weighted by molar-refractivity contribution is 5.99. The Labute approximate surface area is 97.0 Å². The number of piperidine rings is 1. The third-order valence-corrected chi connectivity index (χ3v) is 4.21. The molecule has 0 radical (unpaired) electrons. The van der Waals surface area contributed by atoms with Crippen molar-refractivity contribution in [2.75, 3.05) is 0 Å². The van der Waals surface area contributed by atoms with E-state index in [4.69, 9.17) is 0 Å². The van der Waals surface area contributed by atoms with Crippen LogP contribution in [0.4, 0.5) is 0 Å². The molecule has 0 bridgehead atoms. The van der Waals surface area contributed by atoms with Gasteiger partial charge in [0.05, 0.1) is 0 Å². The standard InChI is InChI=1S/C13H21NO2/c1-8(2)10-7-11(15)14-13(16)12(10)9-5-3-4-6-9/h8-10,12H,3-7H2,1-2H3,(H,14,15,16). The van der Waals surface area contributed by atoms with E-state index in [-0.39, 0.29) is 23.7 Å². The zero-order chi connectivity index (χ0) is 11.7. The van der Waals surface area contributed by atoms with Crippen LogP contribution in [0.2, 0.25) is 0 Å². The van der Waals surface area contributed by atoms with Gasteiger partial charge in [-0.3, -0.25) is 14.9 Å². The number of carbonyl (C=O) groups is 2. The summed E-state index contributed by atoms with van der Waals surface area (Å²) < 4.78 is 0. The first-order valence-corrected chi connectivity index (χ1v) is 6.43. The number of carbonyl (C=O) groups excluding carboxylic acids is 2. The fraction of sp³-hybridized carbons (Fsp3) is 0.846. The Hall–Kier alpha value is -0.860. The van der Waals surface area contributed by atoms with Crippen molar-refractivity contribution in [2.45, 2.75) is 46.0 Å². The smallest absolute Gasteiger partial charge is 0.230 e. The van der Waals surface area contributed by atoms with Crippen molar-refractivity contribution in [3.05, 3.63) is 0 Å². The second-order valence-electron chi connectivity index (χ2n) is 5.59. The van der Waals surface area contributed by atoms with E-state index in [9.17, 15) is 9.59 Å². The van der Waals surface area contributed by atoms with Gasteiger partial charge in [0.2, 0.25) is 11.8 Å². The Kier molecular flexibility index (Phi) is 3.31. The van der Waals surface area contributed by atoms with Crippen LogP contribution < -0.4 is 5.32 Å². The second kappa shape index (κ2) is 4.56. The van der Waals surface area contributed by atoms with E-state index < -0.39 is 0 Å². The maximum atomic E-state index is 12.0. The van der Waals surface area contributed by atoms with Crippen LogP contribution in [0, 0.1) is 23.7 Å². The number of hydrogen-bond acceptors (Lipinski definition) is 2. The molecule has 2 rings (SSSR count). The molecule has 1 heterocycles. The molecule has 1 saturated heterocycles. The molecule has 1 saturated carbocycles. The Morgan fingerprint density at radius 1 is 1.19 bits per heavy atom. The molecule has 2 fully saturated rings. The quantitative estimate of drug-likeness (QED) is 0.729. The molecule has 0 aromatic heterocycles. The monoisotopic (exact) mass is 223 g/mol. The van der Waals surface area contributed by atoms with E-state index in [1.165, 1.54) is 12.8 Å². The van der Waals surface area contributed by atoms with Gasteiger partial charge >= 0.3 is 0 Å². The van der Waals surface area contributed by atoms with E-state index >= 15 is 0 Å². The van der Waals surface area contributed by atoms with Gasteiger partial charge in [0.1, 0.15) is 0 Å². The molecule has 3 nitrogen and oxygen atoms in total. The van der Waals surface area contributed by atoms with Gasteiger partial charge in [0.25, 0.3) is 0 Å². The summed E-state index contributed by atoms with van der Waals surface area (Å²) in [5.41, 5.74) is 0. The van der Waals surface area contributed by atoms with E-state index in [1.807, 2.05) is 0 Å². The Balaban J connectivity index is 2.16. The van der Waals surface area contributed by atoms with Gasteiger partial charge in [0.15, 0.2) is 0 Å². The number of imide groups is 1. The Morgan fingerprint density at radius 3 is 2.38 bits per heavy atom. The van der Waals surface area contributed by atoms with Crippen molar-refractivity contribution in [3.8, 4) is 0 Å². The zero-order valence-electron chi connectivity index (χ0n) is 10.2. The summed E-state index contributed by atoms with van der Waals surface area (Å²) in [7, 11) is 0. The average molecular weight is 223 g/mol. The first-order valence-electron chi connectivity index (χ1n) is 6.43. The first-order chi connectivity index (χ1) is 7.59. The predicted molar refractivity (Wildman–Crippen MR) is 61.5 cm³/mol. The first kappa shape index (κ1) is 11.6. The van der Waals surface area contributed by atoms with Crippen molar-refractivity contribution in [1.82, 2.24) is 5.32 Å². The summed E-state index contributed by atoms with van der Waals surface area (Å²) in [4.78, 5) is 23.4. The van der Waals surface area contributed by atoms with E-state index in [2.05, 4.69) is 19.2 Å². The van der Waals surface area contributed by atoms with Crippen molar-refractivity contribution < 1.29 is 9.59 Å². The minimum absolute atomic E-state index is 0.0122. The van der Waals surface area contributed by atoms with E-state index in [0.29, 0.717) is 18.3 Å². The molecule has 1 aliphatic carbocycles. The van der Waals surface area contributed by atoms with Gasteiger partial charge < -0.3 is 0 Å². The lowest BCUT2D eigenvalue weighted by Gasteiger charge is -2.36. The average Bonchev–Trinajstić information content (AvgIpc) is 2.69. The van der Waals surface area contributed by atoms with Gasteiger partial charge in [-0.15, -0.1) is 0 Å². The molecule has 1 aliphatic heterocycles. The van der Waals surface area contributed by atoms with Crippen LogP contribution in [0.5, 0.6) is 0 Å². The van der Waals surface area contributed by atoms with Gasteiger partial charge in [-0.1, -0.05) is 26.7 Å². The van der Waals surface area contributed by atoms with Crippen LogP contribution in [0.1, 0.15) is 46.0 Å². The minimum atomic E-state index is -0.0852. The van der Waals surface area contributed by atoms with Gasteiger partial charge in [-0.2, -0.15) is 0 Å². The summed E-state index contributed by atoms with van der Waals surface area (Å²) in [6.07, 6.45) is 5.34. The topological polar surface area (TPSA) is 46.2 Å². The lowest BCUT2D eigenvalue weighted by molar-refractivity contribution is -0.142. The Bertz CT molecular complexity index is 292. The molecule has 0 aromatic carbocycles. The molecule has 2 atom stereocenters. The van der Waals surface area contributed by atoms with Crippen LogP contribution in [0.25, 0.3) is 0 Å². The highest BCUT2D eigenvalue weighted by atomic mass is 16.2. The highest BCUT2D eigenvalue weighted by Gasteiger charge is 2.42. The molecular weight excluding hydrogens is 202 g/mol. The third kappa shape index (κ3) is 2.13. The van der Waals surface area contributed by atoms with Gasteiger partial charge in [-0.05, 0) is 30.6 Å². The molecule has 0 spiro atoms. The minimum Gasteiger partial charge on any atom is -0.296 e. The molecule has 16 heavy (non-hydrogen) atoms. The molecular formula is C13H21NO2. The molecule has 2 aliphatic rings. The van der Waals surface area contributed by atoms with Crippen LogP contribution >= 0.6 is 0 Å². The molecule has 1 N–H and O–H groups in total. The van der Waals surface area contributed by atoms with Gasteiger partial charge in [0, 0.05) is 12.3 Å². The molecule has 2 amide bonds.